The number of hydrogen-bond donors (Lipinski definition) is 3. The van der Waals surface area contributed by atoms with E-state index >= 15 is 0 Å². The van der Waals surface area contributed by atoms with Gasteiger partial charge >= 0.3 is 0 Å². The summed E-state index contributed by atoms with van der Waals surface area (Å²) in [6.45, 7) is 2.77. The monoisotopic (exact) mass is 286 g/mol. The second-order valence-corrected chi connectivity index (χ2v) is 5.77. The molecule has 0 aliphatic rings. The molecule has 0 saturated carbocycles. The quantitative estimate of drug-likeness (QED) is 0.690. The van der Waals surface area contributed by atoms with Gasteiger partial charge in [0.15, 0.2) is 0 Å². The molecule has 0 unspecified atom stereocenters. The van der Waals surface area contributed by atoms with Crippen LogP contribution < -0.4 is 10.9 Å². The molecule has 1 aromatic carbocycles. The number of hydrogen-bond acceptors (Lipinski definition) is 4. The van der Waals surface area contributed by atoms with Gasteiger partial charge in [-0.25, -0.2) is 4.98 Å². The van der Waals surface area contributed by atoms with Crippen molar-refractivity contribution >= 4 is 17.0 Å². The lowest BCUT2D eigenvalue weighted by Crippen LogP contribution is -1.96. The summed E-state index contributed by atoms with van der Waals surface area (Å²) >= 11 is 1.69. The summed E-state index contributed by atoms with van der Waals surface area (Å²) in [7, 11) is 0. The Labute approximate surface area is 119 Å². The summed E-state index contributed by atoms with van der Waals surface area (Å²) in [6, 6.07) is 9.48. The van der Waals surface area contributed by atoms with E-state index < -0.39 is 0 Å². The number of aryl methyl sites for hydroxylation is 1. The Morgan fingerprint density at radius 3 is 2.65 bits per heavy atom. The van der Waals surface area contributed by atoms with Gasteiger partial charge < -0.3 is 5.32 Å². The van der Waals surface area contributed by atoms with Crippen LogP contribution in [0.25, 0.3) is 11.3 Å². The first-order valence-electron chi connectivity index (χ1n) is 6.24. The summed E-state index contributed by atoms with van der Waals surface area (Å²) < 4.78 is 0. The Hall–Kier alpha value is -2.34. The molecule has 0 spiro atoms. The number of anilines is 1. The lowest BCUT2D eigenvalue weighted by molar-refractivity contribution is 1.06. The van der Waals surface area contributed by atoms with Crippen molar-refractivity contribution in [1.82, 2.24) is 15.2 Å². The van der Waals surface area contributed by atoms with Gasteiger partial charge in [-0.2, -0.15) is 0 Å². The van der Waals surface area contributed by atoms with Crippen molar-refractivity contribution in [3.63, 3.8) is 0 Å². The molecule has 0 amide bonds. The summed E-state index contributed by atoms with van der Waals surface area (Å²) in [4.78, 5) is 16.5. The molecule has 0 bridgehead atoms. The molecule has 0 aliphatic carbocycles. The number of nitrogens with zero attached hydrogens (tertiary/aromatic N) is 1. The van der Waals surface area contributed by atoms with Crippen LogP contribution >= 0.6 is 11.3 Å². The Morgan fingerprint density at radius 2 is 2.05 bits per heavy atom. The van der Waals surface area contributed by atoms with E-state index in [-0.39, 0.29) is 5.56 Å². The molecular weight excluding hydrogens is 272 g/mol. The van der Waals surface area contributed by atoms with Crippen LogP contribution in [0.2, 0.25) is 0 Å². The highest BCUT2D eigenvalue weighted by Crippen LogP contribution is 2.19. The smallest absolute Gasteiger partial charge is 0.264 e. The molecule has 0 fully saturated rings. The fraction of sp³-hybridized carbons (Fsp3) is 0.143. The van der Waals surface area contributed by atoms with E-state index in [4.69, 9.17) is 0 Å². The largest absolute Gasteiger partial charge is 0.380 e. The van der Waals surface area contributed by atoms with Crippen molar-refractivity contribution in [2.45, 2.75) is 13.5 Å². The van der Waals surface area contributed by atoms with Crippen molar-refractivity contribution in [1.29, 1.82) is 0 Å². The van der Waals surface area contributed by atoms with Gasteiger partial charge in [-0.1, -0.05) is 12.1 Å². The van der Waals surface area contributed by atoms with Crippen molar-refractivity contribution in [2.24, 2.45) is 0 Å². The maximum Gasteiger partial charge on any atom is 0.264 e. The molecule has 2 aromatic heterocycles. The molecule has 0 aliphatic heterocycles. The molecule has 2 heterocycles. The fourth-order valence-electron chi connectivity index (χ4n) is 1.93. The number of aromatic nitrogens is 3. The summed E-state index contributed by atoms with van der Waals surface area (Å²) in [5.41, 5.74) is 2.68. The maximum absolute atomic E-state index is 11.1. The minimum Gasteiger partial charge on any atom is -0.380 e. The van der Waals surface area contributed by atoms with Gasteiger partial charge in [-0.15, -0.1) is 11.3 Å². The molecular formula is C14H14N4OS. The molecule has 3 rings (SSSR count). The van der Waals surface area contributed by atoms with E-state index in [2.05, 4.69) is 20.5 Å². The summed E-state index contributed by atoms with van der Waals surface area (Å²) in [5.74, 6) is 0. The van der Waals surface area contributed by atoms with Gasteiger partial charge in [-0.05, 0) is 24.6 Å². The van der Waals surface area contributed by atoms with E-state index in [1.165, 1.54) is 4.88 Å². The minimum atomic E-state index is -0.122. The van der Waals surface area contributed by atoms with Crippen LogP contribution in [0.15, 0.2) is 41.3 Å². The highest BCUT2D eigenvalue weighted by molar-refractivity contribution is 7.11. The lowest BCUT2D eigenvalue weighted by atomic mass is 10.1. The topological polar surface area (TPSA) is 73.6 Å². The van der Waals surface area contributed by atoms with E-state index in [1.54, 1.807) is 17.4 Å². The Bertz CT molecular complexity index is 754. The molecule has 0 saturated heterocycles. The van der Waals surface area contributed by atoms with Crippen LogP contribution in [0, 0.1) is 6.92 Å². The second-order valence-electron chi connectivity index (χ2n) is 4.45. The van der Waals surface area contributed by atoms with Crippen LogP contribution in [-0.4, -0.2) is 15.2 Å². The first kappa shape index (κ1) is 12.7. The highest BCUT2D eigenvalue weighted by atomic mass is 32.1. The van der Waals surface area contributed by atoms with E-state index in [0.29, 0.717) is 0 Å². The van der Waals surface area contributed by atoms with Crippen molar-refractivity contribution < 1.29 is 0 Å². The first-order valence-corrected chi connectivity index (χ1v) is 7.06. The SMILES string of the molecule is Cc1ncc(CNc2ccc(-c3cc(=O)[nH][nH]3)cc2)s1. The normalized spacial score (nSPS) is 10.7. The highest BCUT2D eigenvalue weighted by Gasteiger charge is 2.01. The third-order valence-corrected chi connectivity index (χ3v) is 3.84. The Kier molecular flexibility index (Phi) is 3.39. The molecule has 0 radical (unpaired) electrons. The average Bonchev–Trinajstić information content (AvgIpc) is 3.06. The fourth-order valence-corrected chi connectivity index (χ4v) is 2.67. The number of nitrogens with one attached hydrogen (secondary N) is 3. The first-order chi connectivity index (χ1) is 9.70. The summed E-state index contributed by atoms with van der Waals surface area (Å²) in [5, 5.41) is 9.79. The molecule has 5 nitrogen and oxygen atoms in total. The van der Waals surface area contributed by atoms with Crippen LogP contribution in [0.1, 0.15) is 9.88 Å². The van der Waals surface area contributed by atoms with Crippen LogP contribution in [-0.2, 0) is 6.54 Å². The van der Waals surface area contributed by atoms with E-state index in [0.717, 1.165) is 28.5 Å². The predicted molar refractivity (Wildman–Crippen MR) is 81.0 cm³/mol. The van der Waals surface area contributed by atoms with Crippen LogP contribution in [0.4, 0.5) is 5.69 Å². The van der Waals surface area contributed by atoms with Crippen LogP contribution in [0.3, 0.4) is 0 Å². The average molecular weight is 286 g/mol. The van der Waals surface area contributed by atoms with Crippen molar-refractivity contribution in [3.8, 4) is 11.3 Å². The minimum absolute atomic E-state index is 0.122. The number of rotatable bonds is 4. The van der Waals surface area contributed by atoms with E-state index in [1.807, 2.05) is 37.4 Å². The van der Waals surface area contributed by atoms with Crippen molar-refractivity contribution in [2.75, 3.05) is 5.32 Å². The molecule has 6 heteroatoms. The number of H-pyrrole nitrogens is 2. The Morgan fingerprint density at radius 1 is 1.25 bits per heavy atom. The predicted octanol–water partition coefficient (Wildman–Crippen LogP) is 2.75. The number of thiazole rings is 1. The molecule has 3 N–H and O–H groups in total. The van der Waals surface area contributed by atoms with Gasteiger partial charge in [0.1, 0.15) is 0 Å². The van der Waals surface area contributed by atoms with Crippen molar-refractivity contribution in [3.05, 3.63) is 56.8 Å². The zero-order valence-corrected chi connectivity index (χ0v) is 11.8. The Balaban J connectivity index is 1.68. The van der Waals surface area contributed by atoms with Gasteiger partial charge in [0.25, 0.3) is 5.56 Å². The maximum atomic E-state index is 11.1. The molecule has 20 heavy (non-hydrogen) atoms. The molecule has 102 valence electrons. The zero-order valence-electron chi connectivity index (χ0n) is 10.9. The third-order valence-electron chi connectivity index (χ3n) is 2.93. The summed E-state index contributed by atoms with van der Waals surface area (Å²) in [6.07, 6.45) is 1.89. The van der Waals surface area contributed by atoms with E-state index in [9.17, 15) is 4.79 Å². The standard InChI is InChI=1S/C14H14N4OS/c1-9-15-7-12(20-9)8-16-11-4-2-10(3-5-11)13-6-14(19)18-17-13/h2-7,16H,8H2,1H3,(H2,17,18,19). The number of benzene rings is 1. The third kappa shape index (κ3) is 2.80. The van der Waals surface area contributed by atoms with Gasteiger partial charge in [0, 0.05) is 22.8 Å². The van der Waals surface area contributed by atoms with Gasteiger partial charge in [0.2, 0.25) is 0 Å². The molecule has 0 atom stereocenters. The van der Waals surface area contributed by atoms with Crippen LogP contribution in [0.5, 0.6) is 0 Å². The number of aromatic amines is 2. The van der Waals surface area contributed by atoms with Gasteiger partial charge in [0.05, 0.1) is 17.2 Å². The molecule has 3 aromatic rings. The van der Waals surface area contributed by atoms with Gasteiger partial charge in [-0.3, -0.25) is 15.0 Å². The lowest BCUT2D eigenvalue weighted by Gasteiger charge is -2.05. The zero-order chi connectivity index (χ0) is 13.9. The second kappa shape index (κ2) is 5.34.